The van der Waals surface area contributed by atoms with Crippen LogP contribution in [0, 0.1) is 11.7 Å². The minimum atomic E-state index is -0.362. The lowest BCUT2D eigenvalue weighted by atomic mass is 10.0. The maximum absolute atomic E-state index is 14.1. The summed E-state index contributed by atoms with van der Waals surface area (Å²) < 4.78 is 14.1. The number of anilines is 2. The molecule has 2 aromatic rings. The van der Waals surface area contributed by atoms with Crippen molar-refractivity contribution in [2.45, 2.75) is 25.7 Å². The van der Waals surface area contributed by atoms with Crippen molar-refractivity contribution in [2.75, 3.05) is 29.4 Å². The third-order valence-corrected chi connectivity index (χ3v) is 4.93. The number of nitrogens with zero attached hydrogens (tertiary/aromatic N) is 4. The van der Waals surface area contributed by atoms with Gasteiger partial charge < -0.3 is 9.80 Å². The Morgan fingerprint density at radius 1 is 1.16 bits per heavy atom. The fourth-order valence-electron chi connectivity index (χ4n) is 3.68. The van der Waals surface area contributed by atoms with Crippen molar-refractivity contribution in [1.29, 1.82) is 0 Å². The molecule has 1 aromatic heterocycles. The van der Waals surface area contributed by atoms with Gasteiger partial charge in [0.15, 0.2) is 11.6 Å². The summed E-state index contributed by atoms with van der Waals surface area (Å²) in [4.78, 5) is 24.7. The zero-order valence-corrected chi connectivity index (χ0v) is 14.1. The van der Waals surface area contributed by atoms with E-state index in [0.717, 1.165) is 31.6 Å². The Labute approximate surface area is 146 Å². The molecule has 130 valence electrons. The monoisotopic (exact) mass is 340 g/mol. The average molecular weight is 340 g/mol. The third-order valence-electron chi connectivity index (χ3n) is 4.93. The first kappa shape index (κ1) is 16.0. The van der Waals surface area contributed by atoms with Crippen LogP contribution in [0.25, 0.3) is 0 Å². The molecule has 1 atom stereocenters. The summed E-state index contributed by atoms with van der Waals surface area (Å²) in [6, 6.07) is 9.69. The first-order chi connectivity index (χ1) is 12.2. The molecule has 2 aliphatic heterocycles. The van der Waals surface area contributed by atoms with Gasteiger partial charge in [-0.2, -0.15) is 0 Å². The van der Waals surface area contributed by atoms with E-state index in [4.69, 9.17) is 0 Å². The van der Waals surface area contributed by atoms with Gasteiger partial charge in [-0.1, -0.05) is 18.2 Å². The lowest BCUT2D eigenvalue weighted by molar-refractivity contribution is -0.117. The van der Waals surface area contributed by atoms with Crippen LogP contribution < -0.4 is 9.80 Å². The van der Waals surface area contributed by atoms with Crippen LogP contribution in [0.15, 0.2) is 36.5 Å². The fraction of sp³-hybridized carbons (Fsp3) is 0.421. The van der Waals surface area contributed by atoms with E-state index in [9.17, 15) is 9.18 Å². The van der Waals surface area contributed by atoms with E-state index in [1.807, 2.05) is 40.1 Å². The molecule has 0 saturated carbocycles. The van der Waals surface area contributed by atoms with E-state index in [1.54, 1.807) is 0 Å². The van der Waals surface area contributed by atoms with Crippen LogP contribution in [-0.2, 0) is 11.2 Å². The SMILES string of the molecule is O=C1CC(Cc2ncc(F)c(N3CCCC3)n2)CN1c1ccccc1. The number of amides is 1. The zero-order chi connectivity index (χ0) is 17.2. The molecule has 0 bridgehead atoms. The van der Waals surface area contributed by atoms with E-state index in [2.05, 4.69) is 9.97 Å². The molecular weight excluding hydrogens is 319 g/mol. The molecule has 6 heteroatoms. The first-order valence-electron chi connectivity index (χ1n) is 8.82. The molecule has 25 heavy (non-hydrogen) atoms. The van der Waals surface area contributed by atoms with Gasteiger partial charge in [-0.15, -0.1) is 0 Å². The second-order valence-corrected chi connectivity index (χ2v) is 6.77. The van der Waals surface area contributed by atoms with E-state index >= 15 is 0 Å². The Bertz CT molecular complexity index is 761. The average Bonchev–Trinajstić information content (AvgIpc) is 3.27. The molecule has 1 amide bonds. The van der Waals surface area contributed by atoms with Crippen LogP contribution in [0.5, 0.6) is 0 Å². The summed E-state index contributed by atoms with van der Waals surface area (Å²) in [5.74, 6) is 0.949. The van der Waals surface area contributed by atoms with Crippen LogP contribution >= 0.6 is 0 Å². The molecule has 3 heterocycles. The highest BCUT2D eigenvalue weighted by atomic mass is 19.1. The van der Waals surface area contributed by atoms with Crippen molar-refractivity contribution in [3.63, 3.8) is 0 Å². The third kappa shape index (κ3) is 3.34. The molecule has 4 rings (SSSR count). The van der Waals surface area contributed by atoms with Gasteiger partial charge >= 0.3 is 0 Å². The zero-order valence-electron chi connectivity index (χ0n) is 14.1. The van der Waals surface area contributed by atoms with Crippen molar-refractivity contribution in [3.05, 3.63) is 48.2 Å². The van der Waals surface area contributed by atoms with Crippen molar-refractivity contribution in [2.24, 2.45) is 5.92 Å². The van der Waals surface area contributed by atoms with Gasteiger partial charge in [0.25, 0.3) is 0 Å². The van der Waals surface area contributed by atoms with Gasteiger partial charge in [-0.25, -0.2) is 14.4 Å². The molecule has 1 unspecified atom stereocenters. The normalized spacial score (nSPS) is 20.5. The standard InChI is InChI=1S/C19H21FN4O/c20-16-12-21-17(22-19(16)23-8-4-5-9-23)10-14-11-18(25)24(13-14)15-6-2-1-3-7-15/h1-3,6-7,12,14H,4-5,8-11,13H2. The van der Waals surface area contributed by atoms with Gasteiger partial charge in [0.2, 0.25) is 5.91 Å². The molecule has 2 fully saturated rings. The highest BCUT2D eigenvalue weighted by Crippen LogP contribution is 2.27. The minimum Gasteiger partial charge on any atom is -0.354 e. The van der Waals surface area contributed by atoms with E-state index in [-0.39, 0.29) is 17.6 Å². The van der Waals surface area contributed by atoms with Crippen molar-refractivity contribution >= 4 is 17.4 Å². The first-order valence-corrected chi connectivity index (χ1v) is 8.82. The molecule has 0 spiro atoms. The second-order valence-electron chi connectivity index (χ2n) is 6.77. The summed E-state index contributed by atoms with van der Waals surface area (Å²) in [5.41, 5.74) is 0.924. The predicted octanol–water partition coefficient (Wildman–Crippen LogP) is 2.81. The van der Waals surface area contributed by atoms with Crippen molar-refractivity contribution in [3.8, 4) is 0 Å². The highest BCUT2D eigenvalue weighted by Gasteiger charge is 2.31. The Hall–Kier alpha value is -2.50. The molecule has 0 N–H and O–H groups in total. The van der Waals surface area contributed by atoms with Gasteiger partial charge in [-0.3, -0.25) is 4.79 Å². The molecule has 5 nitrogen and oxygen atoms in total. The number of hydrogen-bond acceptors (Lipinski definition) is 4. The molecule has 0 aliphatic carbocycles. The molecule has 1 aromatic carbocycles. The number of rotatable bonds is 4. The summed E-state index contributed by atoms with van der Waals surface area (Å²) in [5, 5.41) is 0. The van der Waals surface area contributed by atoms with Crippen LogP contribution in [0.4, 0.5) is 15.9 Å². The Morgan fingerprint density at radius 2 is 1.92 bits per heavy atom. The minimum absolute atomic E-state index is 0.123. The van der Waals surface area contributed by atoms with Crippen molar-refractivity contribution in [1.82, 2.24) is 9.97 Å². The topological polar surface area (TPSA) is 49.3 Å². The quantitative estimate of drug-likeness (QED) is 0.859. The number of hydrogen-bond donors (Lipinski definition) is 0. The summed E-state index contributed by atoms with van der Waals surface area (Å²) in [6.07, 6.45) is 4.48. The Balaban J connectivity index is 1.48. The number of carbonyl (C=O) groups is 1. The fourth-order valence-corrected chi connectivity index (χ4v) is 3.68. The maximum Gasteiger partial charge on any atom is 0.227 e. The second kappa shape index (κ2) is 6.78. The molecular formula is C19H21FN4O. The van der Waals surface area contributed by atoms with Crippen LogP contribution in [0.2, 0.25) is 0 Å². The lowest BCUT2D eigenvalue weighted by Gasteiger charge is -2.18. The van der Waals surface area contributed by atoms with Crippen LogP contribution in [0.1, 0.15) is 25.1 Å². The Kier molecular flexibility index (Phi) is 4.34. The maximum atomic E-state index is 14.1. The van der Waals surface area contributed by atoms with E-state index in [1.165, 1.54) is 6.20 Å². The largest absolute Gasteiger partial charge is 0.354 e. The Morgan fingerprint density at radius 3 is 2.68 bits per heavy atom. The summed E-state index contributed by atoms with van der Waals surface area (Å²) >= 11 is 0. The smallest absolute Gasteiger partial charge is 0.227 e. The molecule has 2 aliphatic rings. The number of para-hydroxylation sites is 1. The lowest BCUT2D eigenvalue weighted by Crippen LogP contribution is -2.25. The summed E-state index contributed by atoms with van der Waals surface area (Å²) in [7, 11) is 0. The molecule has 2 saturated heterocycles. The van der Waals surface area contributed by atoms with Gasteiger partial charge in [0, 0.05) is 38.2 Å². The summed E-state index contributed by atoms with van der Waals surface area (Å²) in [6.45, 7) is 2.34. The highest BCUT2D eigenvalue weighted by molar-refractivity contribution is 5.95. The number of aromatic nitrogens is 2. The van der Waals surface area contributed by atoms with Gasteiger partial charge in [0.05, 0.1) is 6.20 Å². The van der Waals surface area contributed by atoms with E-state index in [0.29, 0.717) is 31.0 Å². The predicted molar refractivity (Wildman–Crippen MR) is 94.0 cm³/mol. The van der Waals surface area contributed by atoms with E-state index < -0.39 is 0 Å². The number of halogens is 1. The van der Waals surface area contributed by atoms with Crippen molar-refractivity contribution < 1.29 is 9.18 Å². The molecule has 0 radical (unpaired) electrons. The van der Waals surface area contributed by atoms with Crippen LogP contribution in [-0.4, -0.2) is 35.5 Å². The van der Waals surface area contributed by atoms with Gasteiger partial charge in [-0.05, 0) is 30.9 Å². The number of carbonyl (C=O) groups excluding carboxylic acids is 1. The van der Waals surface area contributed by atoms with Crippen LogP contribution in [0.3, 0.4) is 0 Å². The number of benzene rings is 1. The van der Waals surface area contributed by atoms with Gasteiger partial charge in [0.1, 0.15) is 5.82 Å².